The van der Waals surface area contributed by atoms with Gasteiger partial charge >= 0.3 is 5.97 Å². The number of pyridine rings is 1. The topological polar surface area (TPSA) is 65.2 Å². The average Bonchev–Trinajstić information content (AvgIpc) is 2.37. The van der Waals surface area contributed by atoms with Gasteiger partial charge in [-0.2, -0.15) is 0 Å². The monoisotopic (exact) mass is 230 g/mol. The standard InChI is InChI=1S/C13H14N2O2/c1-17-13(16)12(14)7-9-2-3-11-8-15-5-4-10(11)6-9/h2-6,8,12H,7,14H2,1H3. The van der Waals surface area contributed by atoms with Crippen LogP contribution >= 0.6 is 0 Å². The molecule has 1 unspecified atom stereocenters. The largest absolute Gasteiger partial charge is 0.468 e. The number of nitrogens with two attached hydrogens (primary N) is 1. The van der Waals surface area contributed by atoms with E-state index in [1.165, 1.54) is 7.11 Å². The molecule has 2 rings (SSSR count). The summed E-state index contributed by atoms with van der Waals surface area (Å²) in [6.45, 7) is 0. The quantitative estimate of drug-likeness (QED) is 0.807. The molecule has 2 N–H and O–H groups in total. The molecule has 1 atom stereocenters. The van der Waals surface area contributed by atoms with Crippen molar-refractivity contribution in [2.45, 2.75) is 12.5 Å². The molecule has 4 nitrogen and oxygen atoms in total. The van der Waals surface area contributed by atoms with E-state index >= 15 is 0 Å². The minimum atomic E-state index is -0.612. The lowest BCUT2D eigenvalue weighted by Crippen LogP contribution is -2.33. The zero-order chi connectivity index (χ0) is 12.3. The molecule has 0 radical (unpaired) electrons. The molecule has 0 fully saturated rings. The highest BCUT2D eigenvalue weighted by molar-refractivity contribution is 5.82. The van der Waals surface area contributed by atoms with E-state index in [4.69, 9.17) is 5.73 Å². The van der Waals surface area contributed by atoms with Gasteiger partial charge in [-0.1, -0.05) is 18.2 Å². The molecule has 4 heteroatoms. The summed E-state index contributed by atoms with van der Waals surface area (Å²) >= 11 is 0. The Balaban J connectivity index is 2.22. The Morgan fingerprint density at radius 2 is 2.24 bits per heavy atom. The molecule has 0 spiro atoms. The van der Waals surface area contributed by atoms with E-state index in [0.29, 0.717) is 6.42 Å². The summed E-state index contributed by atoms with van der Waals surface area (Å²) in [5.74, 6) is -0.389. The van der Waals surface area contributed by atoms with Gasteiger partial charge in [0.2, 0.25) is 0 Å². The molecule has 1 aromatic carbocycles. The fraction of sp³-hybridized carbons (Fsp3) is 0.231. The van der Waals surface area contributed by atoms with Crippen LogP contribution in [0.2, 0.25) is 0 Å². The predicted octanol–water partition coefficient (Wildman–Crippen LogP) is 1.28. The maximum Gasteiger partial charge on any atom is 0.322 e. The summed E-state index contributed by atoms with van der Waals surface area (Å²) in [7, 11) is 1.34. The number of aromatic nitrogens is 1. The third kappa shape index (κ3) is 2.60. The zero-order valence-corrected chi connectivity index (χ0v) is 9.59. The van der Waals surface area contributed by atoms with Crippen LogP contribution in [0.3, 0.4) is 0 Å². The first-order valence-corrected chi connectivity index (χ1v) is 5.37. The van der Waals surface area contributed by atoms with Gasteiger partial charge in [0, 0.05) is 17.8 Å². The highest BCUT2D eigenvalue weighted by Crippen LogP contribution is 2.15. The minimum Gasteiger partial charge on any atom is -0.468 e. The van der Waals surface area contributed by atoms with Crippen LogP contribution in [0.25, 0.3) is 10.8 Å². The van der Waals surface area contributed by atoms with Crippen LogP contribution in [0, 0.1) is 0 Å². The van der Waals surface area contributed by atoms with Crippen molar-refractivity contribution >= 4 is 16.7 Å². The molecule has 2 aromatic rings. The van der Waals surface area contributed by atoms with Crippen molar-refractivity contribution in [3.63, 3.8) is 0 Å². The van der Waals surface area contributed by atoms with Gasteiger partial charge in [0.05, 0.1) is 7.11 Å². The van der Waals surface area contributed by atoms with E-state index in [1.54, 1.807) is 12.4 Å². The lowest BCUT2D eigenvalue weighted by atomic mass is 10.0. The first kappa shape index (κ1) is 11.5. The Hall–Kier alpha value is -1.94. The average molecular weight is 230 g/mol. The summed E-state index contributed by atoms with van der Waals surface area (Å²) in [6, 6.07) is 7.26. The molecule has 0 bridgehead atoms. The lowest BCUT2D eigenvalue weighted by molar-refractivity contribution is -0.142. The SMILES string of the molecule is COC(=O)C(N)Cc1ccc2cnccc2c1. The predicted molar refractivity (Wildman–Crippen MR) is 65.4 cm³/mol. The van der Waals surface area contributed by atoms with Gasteiger partial charge < -0.3 is 10.5 Å². The molecule has 1 aromatic heterocycles. The van der Waals surface area contributed by atoms with E-state index in [-0.39, 0.29) is 5.97 Å². The van der Waals surface area contributed by atoms with Gasteiger partial charge in [0.25, 0.3) is 0 Å². The highest BCUT2D eigenvalue weighted by atomic mass is 16.5. The molecule has 0 aliphatic carbocycles. The number of esters is 1. The van der Waals surface area contributed by atoms with Crippen LogP contribution < -0.4 is 5.73 Å². The number of methoxy groups -OCH3 is 1. The Labute approximate surface area is 99.4 Å². The summed E-state index contributed by atoms with van der Waals surface area (Å²) in [5, 5.41) is 2.16. The zero-order valence-electron chi connectivity index (χ0n) is 9.59. The molecular weight excluding hydrogens is 216 g/mol. The maximum absolute atomic E-state index is 11.2. The second-order valence-electron chi connectivity index (χ2n) is 3.89. The van der Waals surface area contributed by atoms with E-state index in [0.717, 1.165) is 16.3 Å². The smallest absolute Gasteiger partial charge is 0.322 e. The molecule has 0 saturated carbocycles. The first-order chi connectivity index (χ1) is 8.20. The Kier molecular flexibility index (Phi) is 3.35. The van der Waals surface area contributed by atoms with Crippen molar-refractivity contribution in [3.05, 3.63) is 42.2 Å². The molecule has 0 amide bonds. The minimum absolute atomic E-state index is 0.389. The van der Waals surface area contributed by atoms with E-state index in [1.807, 2.05) is 24.3 Å². The number of hydrogen-bond acceptors (Lipinski definition) is 4. The summed E-state index contributed by atoms with van der Waals surface area (Å²) in [4.78, 5) is 15.3. The lowest BCUT2D eigenvalue weighted by Gasteiger charge is -2.09. The van der Waals surface area contributed by atoms with Crippen molar-refractivity contribution < 1.29 is 9.53 Å². The molecular formula is C13H14N2O2. The number of carbonyl (C=O) groups is 1. The van der Waals surface area contributed by atoms with E-state index in [9.17, 15) is 4.79 Å². The number of hydrogen-bond donors (Lipinski definition) is 1. The van der Waals surface area contributed by atoms with Crippen LogP contribution in [-0.2, 0) is 16.0 Å². The summed E-state index contributed by atoms with van der Waals surface area (Å²) in [6.07, 6.45) is 4.02. The second-order valence-corrected chi connectivity index (χ2v) is 3.89. The van der Waals surface area contributed by atoms with Gasteiger partial charge in [0.1, 0.15) is 6.04 Å². The van der Waals surface area contributed by atoms with Crippen LogP contribution in [0.4, 0.5) is 0 Å². The third-order valence-electron chi connectivity index (χ3n) is 2.66. The van der Waals surface area contributed by atoms with Gasteiger partial charge in [-0.15, -0.1) is 0 Å². The van der Waals surface area contributed by atoms with Crippen molar-refractivity contribution in [2.24, 2.45) is 5.73 Å². The number of rotatable bonds is 3. The van der Waals surface area contributed by atoms with E-state index < -0.39 is 6.04 Å². The maximum atomic E-state index is 11.2. The third-order valence-corrected chi connectivity index (χ3v) is 2.66. The number of ether oxygens (including phenoxy) is 1. The van der Waals surface area contributed by atoms with Gasteiger partial charge in [-0.25, -0.2) is 0 Å². The van der Waals surface area contributed by atoms with E-state index in [2.05, 4.69) is 9.72 Å². The molecule has 0 aliphatic rings. The van der Waals surface area contributed by atoms with Crippen molar-refractivity contribution in [1.29, 1.82) is 0 Å². The van der Waals surface area contributed by atoms with Crippen molar-refractivity contribution in [1.82, 2.24) is 4.98 Å². The Morgan fingerprint density at radius 1 is 1.41 bits per heavy atom. The number of fused-ring (bicyclic) bond motifs is 1. The fourth-order valence-corrected chi connectivity index (χ4v) is 1.75. The van der Waals surface area contributed by atoms with Gasteiger partial charge in [-0.05, 0) is 23.4 Å². The number of nitrogens with zero attached hydrogens (tertiary/aromatic N) is 1. The van der Waals surface area contributed by atoms with Crippen LogP contribution in [0.5, 0.6) is 0 Å². The van der Waals surface area contributed by atoms with Crippen LogP contribution in [0.15, 0.2) is 36.7 Å². The normalized spacial score (nSPS) is 12.4. The van der Waals surface area contributed by atoms with Crippen molar-refractivity contribution in [3.8, 4) is 0 Å². The molecule has 0 aliphatic heterocycles. The summed E-state index contributed by atoms with van der Waals surface area (Å²) in [5.41, 5.74) is 6.73. The van der Waals surface area contributed by atoms with Crippen LogP contribution in [-0.4, -0.2) is 24.1 Å². The molecule has 0 saturated heterocycles. The number of benzene rings is 1. The fourth-order valence-electron chi connectivity index (χ4n) is 1.75. The Morgan fingerprint density at radius 3 is 3.00 bits per heavy atom. The van der Waals surface area contributed by atoms with Crippen molar-refractivity contribution in [2.75, 3.05) is 7.11 Å². The Bertz CT molecular complexity index is 540. The van der Waals surface area contributed by atoms with Gasteiger partial charge in [-0.3, -0.25) is 9.78 Å². The molecule has 1 heterocycles. The summed E-state index contributed by atoms with van der Waals surface area (Å²) < 4.78 is 4.60. The van der Waals surface area contributed by atoms with Gasteiger partial charge in [0.15, 0.2) is 0 Å². The van der Waals surface area contributed by atoms with Crippen LogP contribution in [0.1, 0.15) is 5.56 Å². The molecule has 17 heavy (non-hydrogen) atoms. The number of carbonyl (C=O) groups excluding carboxylic acids is 1. The first-order valence-electron chi connectivity index (χ1n) is 5.37. The highest BCUT2D eigenvalue weighted by Gasteiger charge is 2.14. The molecule has 88 valence electrons. The second kappa shape index (κ2) is 4.93.